The summed E-state index contributed by atoms with van der Waals surface area (Å²) in [4.78, 5) is 0.369. The van der Waals surface area contributed by atoms with Gasteiger partial charge in [-0.05, 0) is 50.1 Å². The van der Waals surface area contributed by atoms with E-state index in [1.165, 1.54) is 0 Å². The minimum absolute atomic E-state index is 0.0935. The minimum atomic E-state index is -3.20. The monoisotopic (exact) mass is 273 g/mol. The number of rotatable bonds is 3. The van der Waals surface area contributed by atoms with Gasteiger partial charge in [0.05, 0.1) is 10.6 Å². The first-order chi connectivity index (χ1) is 7.99. The molecule has 1 saturated heterocycles. The Morgan fingerprint density at radius 1 is 1.47 bits per heavy atom. The molecule has 5 heteroatoms. The van der Waals surface area contributed by atoms with Gasteiger partial charge < -0.3 is 5.32 Å². The number of aryl methyl sites for hydroxylation is 1. The molecule has 0 saturated carbocycles. The van der Waals surface area contributed by atoms with Gasteiger partial charge in [-0.1, -0.05) is 11.6 Å². The summed E-state index contributed by atoms with van der Waals surface area (Å²) >= 11 is 5.89. The fourth-order valence-electron chi connectivity index (χ4n) is 2.07. The molecular formula is C12H16ClNO2S. The summed E-state index contributed by atoms with van der Waals surface area (Å²) < 4.78 is 24.3. The molecule has 1 aliphatic rings. The van der Waals surface area contributed by atoms with E-state index in [-0.39, 0.29) is 11.8 Å². The molecule has 1 heterocycles. The van der Waals surface area contributed by atoms with Crippen LogP contribution in [0.1, 0.15) is 18.4 Å². The summed E-state index contributed by atoms with van der Waals surface area (Å²) in [7, 11) is -3.20. The van der Waals surface area contributed by atoms with E-state index in [2.05, 4.69) is 5.32 Å². The van der Waals surface area contributed by atoms with E-state index in [0.717, 1.165) is 24.9 Å². The van der Waals surface area contributed by atoms with Gasteiger partial charge in [0.25, 0.3) is 0 Å². The molecule has 2 rings (SSSR count). The maximum absolute atomic E-state index is 12.2. The Hall–Kier alpha value is -0.580. The smallest absolute Gasteiger partial charge is 0.179 e. The Morgan fingerprint density at radius 2 is 2.24 bits per heavy atom. The van der Waals surface area contributed by atoms with Crippen LogP contribution < -0.4 is 5.32 Å². The summed E-state index contributed by atoms with van der Waals surface area (Å²) in [6, 6.07) is 4.97. The molecule has 94 valence electrons. The molecule has 0 radical (unpaired) electrons. The van der Waals surface area contributed by atoms with Crippen molar-refractivity contribution in [1.29, 1.82) is 0 Å². The highest BCUT2D eigenvalue weighted by Crippen LogP contribution is 2.21. The van der Waals surface area contributed by atoms with Gasteiger partial charge >= 0.3 is 0 Å². The van der Waals surface area contributed by atoms with Crippen LogP contribution in [0.25, 0.3) is 0 Å². The van der Waals surface area contributed by atoms with Crippen LogP contribution in [0.4, 0.5) is 0 Å². The fourth-order valence-corrected chi connectivity index (χ4v) is 3.83. The molecule has 3 nitrogen and oxygen atoms in total. The third kappa shape index (κ3) is 3.00. The minimum Gasteiger partial charge on any atom is -0.313 e. The van der Waals surface area contributed by atoms with E-state index < -0.39 is 9.84 Å². The van der Waals surface area contributed by atoms with Crippen LogP contribution in [0.3, 0.4) is 0 Å². The highest BCUT2D eigenvalue weighted by Gasteiger charge is 2.23. The molecule has 0 amide bonds. The van der Waals surface area contributed by atoms with E-state index in [4.69, 9.17) is 11.6 Å². The van der Waals surface area contributed by atoms with Crippen molar-refractivity contribution < 1.29 is 8.42 Å². The van der Waals surface area contributed by atoms with E-state index in [0.29, 0.717) is 9.92 Å². The van der Waals surface area contributed by atoms with Gasteiger partial charge in [-0.2, -0.15) is 0 Å². The summed E-state index contributed by atoms with van der Waals surface area (Å²) in [5, 5.41) is 3.80. The van der Waals surface area contributed by atoms with Gasteiger partial charge in [-0.15, -0.1) is 0 Å². The van der Waals surface area contributed by atoms with Crippen LogP contribution in [0.15, 0.2) is 23.1 Å². The van der Waals surface area contributed by atoms with Crippen molar-refractivity contribution >= 4 is 21.4 Å². The van der Waals surface area contributed by atoms with Crippen LogP contribution in [0.5, 0.6) is 0 Å². The van der Waals surface area contributed by atoms with Gasteiger partial charge in [-0.3, -0.25) is 0 Å². The summed E-state index contributed by atoms with van der Waals surface area (Å²) in [5.74, 6) is 0.175. The van der Waals surface area contributed by atoms with Crippen molar-refractivity contribution in [3.8, 4) is 0 Å². The number of halogens is 1. The maximum atomic E-state index is 12.2. The van der Waals surface area contributed by atoms with Crippen LogP contribution >= 0.6 is 11.6 Å². The van der Waals surface area contributed by atoms with Crippen LogP contribution in [0, 0.1) is 6.92 Å². The zero-order valence-corrected chi connectivity index (χ0v) is 11.3. The molecule has 1 aromatic rings. The molecule has 1 fully saturated rings. The maximum Gasteiger partial charge on any atom is 0.179 e. The Bertz CT molecular complexity index is 507. The van der Waals surface area contributed by atoms with Crippen molar-refractivity contribution in [2.75, 3.05) is 12.3 Å². The standard InChI is InChI=1S/C12H16ClNO2S/c1-9-7-11(4-5-12(9)13)17(15,16)8-10-3-2-6-14-10/h4-5,7,10,14H,2-3,6,8H2,1H3/t10-/m0/s1. The first-order valence-electron chi connectivity index (χ1n) is 5.71. The summed E-state index contributed by atoms with van der Waals surface area (Å²) in [6.45, 7) is 2.73. The fraction of sp³-hybridized carbons (Fsp3) is 0.500. The van der Waals surface area contributed by atoms with Gasteiger partial charge in [0.1, 0.15) is 0 Å². The second-order valence-electron chi connectivity index (χ2n) is 4.49. The molecule has 17 heavy (non-hydrogen) atoms. The second-order valence-corrected chi connectivity index (χ2v) is 6.93. The Balaban J connectivity index is 2.21. The van der Waals surface area contributed by atoms with Crippen molar-refractivity contribution in [2.45, 2.75) is 30.7 Å². The Kier molecular flexibility index (Phi) is 3.76. The molecule has 0 aromatic heterocycles. The lowest BCUT2D eigenvalue weighted by Crippen LogP contribution is -2.29. The van der Waals surface area contributed by atoms with E-state index in [1.54, 1.807) is 18.2 Å². The number of sulfone groups is 1. The lowest BCUT2D eigenvalue weighted by atomic mass is 10.2. The van der Waals surface area contributed by atoms with E-state index in [1.807, 2.05) is 6.92 Å². The summed E-state index contributed by atoms with van der Waals surface area (Å²) in [5.41, 5.74) is 0.798. The average Bonchev–Trinajstić information content (AvgIpc) is 2.73. The van der Waals surface area contributed by atoms with Crippen molar-refractivity contribution in [3.63, 3.8) is 0 Å². The summed E-state index contributed by atoms with van der Waals surface area (Å²) in [6.07, 6.45) is 1.99. The van der Waals surface area contributed by atoms with Gasteiger partial charge in [-0.25, -0.2) is 8.42 Å². The highest BCUT2D eigenvalue weighted by molar-refractivity contribution is 7.91. The Labute approximate surface area is 107 Å². The van der Waals surface area contributed by atoms with Crippen LogP contribution in [-0.2, 0) is 9.84 Å². The molecule has 0 bridgehead atoms. The van der Waals surface area contributed by atoms with E-state index >= 15 is 0 Å². The number of hydrogen-bond acceptors (Lipinski definition) is 3. The largest absolute Gasteiger partial charge is 0.313 e. The molecular weight excluding hydrogens is 258 g/mol. The zero-order chi connectivity index (χ0) is 12.5. The van der Waals surface area contributed by atoms with Crippen molar-refractivity contribution in [1.82, 2.24) is 5.32 Å². The molecule has 1 aliphatic heterocycles. The number of benzene rings is 1. The predicted octanol–water partition coefficient (Wildman–Crippen LogP) is 2.17. The van der Waals surface area contributed by atoms with Gasteiger partial charge in [0, 0.05) is 11.1 Å². The second kappa shape index (κ2) is 4.96. The van der Waals surface area contributed by atoms with Crippen LogP contribution in [0.2, 0.25) is 5.02 Å². The first-order valence-corrected chi connectivity index (χ1v) is 7.74. The molecule has 0 spiro atoms. The normalized spacial score (nSPS) is 20.7. The van der Waals surface area contributed by atoms with Crippen molar-refractivity contribution in [2.24, 2.45) is 0 Å². The lowest BCUT2D eigenvalue weighted by molar-refractivity contribution is 0.577. The molecule has 1 N–H and O–H groups in total. The zero-order valence-electron chi connectivity index (χ0n) is 9.74. The first kappa shape index (κ1) is 12.9. The third-order valence-electron chi connectivity index (χ3n) is 3.07. The molecule has 0 unspecified atom stereocenters. The van der Waals surface area contributed by atoms with Crippen molar-refractivity contribution in [3.05, 3.63) is 28.8 Å². The molecule has 0 aliphatic carbocycles. The number of nitrogens with one attached hydrogen (secondary N) is 1. The Morgan fingerprint density at radius 3 is 2.82 bits per heavy atom. The average molecular weight is 274 g/mol. The highest BCUT2D eigenvalue weighted by atomic mass is 35.5. The predicted molar refractivity (Wildman–Crippen MR) is 69.3 cm³/mol. The lowest BCUT2D eigenvalue weighted by Gasteiger charge is -2.11. The quantitative estimate of drug-likeness (QED) is 0.918. The van der Waals surface area contributed by atoms with E-state index in [9.17, 15) is 8.42 Å². The SMILES string of the molecule is Cc1cc(S(=O)(=O)C[C@@H]2CCCN2)ccc1Cl. The van der Waals surface area contributed by atoms with Crippen LogP contribution in [-0.4, -0.2) is 26.8 Å². The molecule has 1 aromatic carbocycles. The van der Waals surface area contributed by atoms with Gasteiger partial charge in [0.2, 0.25) is 0 Å². The third-order valence-corrected chi connectivity index (χ3v) is 5.31. The number of hydrogen-bond donors (Lipinski definition) is 1. The topological polar surface area (TPSA) is 46.2 Å². The van der Waals surface area contributed by atoms with Gasteiger partial charge in [0.15, 0.2) is 9.84 Å². The molecule has 1 atom stereocenters.